The van der Waals surface area contributed by atoms with Gasteiger partial charge in [0.2, 0.25) is 5.89 Å². The molecule has 0 aliphatic rings. The molecule has 0 unspecified atom stereocenters. The van der Waals surface area contributed by atoms with Gasteiger partial charge >= 0.3 is 0 Å². The average Bonchev–Trinajstić information content (AvgIpc) is 2.74. The first-order valence-electron chi connectivity index (χ1n) is 4.75. The van der Waals surface area contributed by atoms with Crippen molar-refractivity contribution in [1.82, 2.24) is 4.98 Å². The fraction of sp³-hybridized carbons (Fsp3) is 0. The normalized spacial score (nSPS) is 10.7. The molecule has 1 aromatic heterocycles. The van der Waals surface area contributed by atoms with Crippen LogP contribution in [0.15, 0.2) is 52.9 Å². The van der Waals surface area contributed by atoms with Crippen LogP contribution < -0.4 is 0 Å². The minimum atomic E-state index is 0.658. The summed E-state index contributed by atoms with van der Waals surface area (Å²) in [6, 6.07) is 18.4. The van der Waals surface area contributed by atoms with Crippen LogP contribution in [0.3, 0.4) is 0 Å². The van der Waals surface area contributed by atoms with Crippen molar-refractivity contribution >= 4 is 11.1 Å². The molecule has 2 heteroatoms. The lowest BCUT2D eigenvalue weighted by Gasteiger charge is -1.91. The van der Waals surface area contributed by atoms with Crippen molar-refractivity contribution in [2.75, 3.05) is 0 Å². The van der Waals surface area contributed by atoms with Crippen LogP contribution in [0, 0.1) is 6.07 Å². The maximum absolute atomic E-state index is 5.62. The van der Waals surface area contributed by atoms with Crippen LogP contribution in [0.25, 0.3) is 22.6 Å². The van der Waals surface area contributed by atoms with Gasteiger partial charge in [-0.25, -0.2) is 4.98 Å². The topological polar surface area (TPSA) is 26.0 Å². The highest BCUT2D eigenvalue weighted by atomic mass is 16.3. The van der Waals surface area contributed by atoms with Crippen LogP contribution in [0.4, 0.5) is 0 Å². The van der Waals surface area contributed by atoms with Gasteiger partial charge in [-0.2, -0.15) is 0 Å². The van der Waals surface area contributed by atoms with Gasteiger partial charge in [0, 0.05) is 5.56 Å². The summed E-state index contributed by atoms with van der Waals surface area (Å²) in [5, 5.41) is 0. The number of nitrogens with zero attached hydrogens (tertiary/aromatic N) is 1. The standard InChI is InChI=1S/C13H8NO/c1-2-6-10(7-3-1)13-14-11-8-4-5-9-12(11)15-13/h1-3,5-9H. The summed E-state index contributed by atoms with van der Waals surface area (Å²) < 4.78 is 5.62. The Morgan fingerprint density at radius 1 is 1.07 bits per heavy atom. The third-order valence-corrected chi connectivity index (χ3v) is 2.25. The molecule has 1 heterocycles. The molecule has 0 amide bonds. The number of fused-ring (bicyclic) bond motifs is 1. The van der Waals surface area contributed by atoms with Crippen LogP contribution in [0.1, 0.15) is 0 Å². The largest absolute Gasteiger partial charge is 0.436 e. The van der Waals surface area contributed by atoms with Crippen molar-refractivity contribution in [2.45, 2.75) is 0 Å². The molecular weight excluding hydrogens is 186 g/mol. The Morgan fingerprint density at radius 2 is 1.93 bits per heavy atom. The van der Waals surface area contributed by atoms with Crippen LogP contribution in [-0.2, 0) is 0 Å². The van der Waals surface area contributed by atoms with E-state index in [1.165, 1.54) is 0 Å². The molecule has 0 saturated heterocycles. The second-order valence-electron chi connectivity index (χ2n) is 3.28. The van der Waals surface area contributed by atoms with Gasteiger partial charge in [0.1, 0.15) is 5.52 Å². The summed E-state index contributed by atoms with van der Waals surface area (Å²) in [4.78, 5) is 4.39. The summed E-state index contributed by atoms with van der Waals surface area (Å²) in [7, 11) is 0. The molecular formula is C13H8NO. The predicted octanol–water partition coefficient (Wildman–Crippen LogP) is 3.29. The monoisotopic (exact) mass is 194 g/mol. The lowest BCUT2D eigenvalue weighted by atomic mass is 10.2. The summed E-state index contributed by atoms with van der Waals surface area (Å²) in [5.41, 5.74) is 2.64. The van der Waals surface area contributed by atoms with Crippen LogP contribution in [-0.4, -0.2) is 4.98 Å². The number of benzene rings is 2. The minimum absolute atomic E-state index is 0.658. The van der Waals surface area contributed by atoms with E-state index in [9.17, 15) is 0 Å². The Balaban J connectivity index is 2.21. The lowest BCUT2D eigenvalue weighted by molar-refractivity contribution is 0.620. The summed E-state index contributed by atoms with van der Waals surface area (Å²) in [6.07, 6.45) is 0. The van der Waals surface area contributed by atoms with Gasteiger partial charge in [-0.1, -0.05) is 24.3 Å². The summed E-state index contributed by atoms with van der Waals surface area (Å²) in [5.74, 6) is 0.658. The Hall–Kier alpha value is -2.09. The Morgan fingerprint density at radius 3 is 2.73 bits per heavy atom. The van der Waals surface area contributed by atoms with Crippen LogP contribution in [0.5, 0.6) is 0 Å². The zero-order valence-electron chi connectivity index (χ0n) is 7.97. The highest BCUT2D eigenvalue weighted by Gasteiger charge is 2.05. The van der Waals surface area contributed by atoms with E-state index in [2.05, 4.69) is 11.1 Å². The second-order valence-corrected chi connectivity index (χ2v) is 3.28. The van der Waals surface area contributed by atoms with E-state index in [0.29, 0.717) is 5.89 Å². The smallest absolute Gasteiger partial charge is 0.227 e. The van der Waals surface area contributed by atoms with Crippen molar-refractivity contribution in [2.24, 2.45) is 0 Å². The average molecular weight is 194 g/mol. The highest BCUT2D eigenvalue weighted by Crippen LogP contribution is 2.23. The van der Waals surface area contributed by atoms with Crippen LogP contribution >= 0.6 is 0 Å². The number of aromatic nitrogens is 1. The molecule has 2 aromatic carbocycles. The Bertz CT molecular complexity index is 551. The van der Waals surface area contributed by atoms with Crippen molar-refractivity contribution in [1.29, 1.82) is 0 Å². The summed E-state index contributed by atoms with van der Waals surface area (Å²) >= 11 is 0. The molecule has 0 aliphatic heterocycles. The van der Waals surface area contributed by atoms with E-state index < -0.39 is 0 Å². The molecule has 0 spiro atoms. The number of rotatable bonds is 1. The predicted molar refractivity (Wildman–Crippen MR) is 58.3 cm³/mol. The third-order valence-electron chi connectivity index (χ3n) is 2.25. The quantitative estimate of drug-likeness (QED) is 0.594. The van der Waals surface area contributed by atoms with E-state index in [1.807, 2.05) is 48.5 Å². The molecule has 3 rings (SSSR count). The Kier molecular flexibility index (Phi) is 1.78. The third kappa shape index (κ3) is 1.40. The van der Waals surface area contributed by atoms with Crippen LogP contribution in [0.2, 0.25) is 0 Å². The van der Waals surface area contributed by atoms with E-state index in [-0.39, 0.29) is 0 Å². The van der Waals surface area contributed by atoms with Crippen molar-refractivity contribution in [3.63, 3.8) is 0 Å². The van der Waals surface area contributed by atoms with E-state index >= 15 is 0 Å². The molecule has 3 aromatic rings. The maximum Gasteiger partial charge on any atom is 0.227 e. The SMILES string of the molecule is [c]1ccc2oc(-c3ccccc3)nc2c1. The molecule has 71 valence electrons. The van der Waals surface area contributed by atoms with Gasteiger partial charge in [-0.05, 0) is 30.3 Å². The van der Waals surface area contributed by atoms with E-state index in [0.717, 1.165) is 16.7 Å². The minimum Gasteiger partial charge on any atom is -0.436 e. The zero-order chi connectivity index (χ0) is 10.1. The lowest BCUT2D eigenvalue weighted by Crippen LogP contribution is -1.74. The first kappa shape index (κ1) is 8.24. The van der Waals surface area contributed by atoms with Gasteiger partial charge in [0.15, 0.2) is 5.58 Å². The van der Waals surface area contributed by atoms with Gasteiger partial charge in [0.25, 0.3) is 0 Å². The van der Waals surface area contributed by atoms with E-state index in [1.54, 1.807) is 0 Å². The molecule has 0 bridgehead atoms. The molecule has 1 radical (unpaired) electrons. The molecule has 15 heavy (non-hydrogen) atoms. The van der Waals surface area contributed by atoms with Gasteiger partial charge < -0.3 is 4.42 Å². The van der Waals surface area contributed by atoms with Gasteiger partial charge in [0.05, 0.1) is 0 Å². The van der Waals surface area contributed by atoms with Crippen molar-refractivity contribution in [3.05, 3.63) is 54.6 Å². The maximum atomic E-state index is 5.62. The molecule has 0 N–H and O–H groups in total. The Labute approximate surface area is 87.2 Å². The first-order valence-corrected chi connectivity index (χ1v) is 4.75. The van der Waals surface area contributed by atoms with Gasteiger partial charge in [-0.15, -0.1) is 0 Å². The fourth-order valence-electron chi connectivity index (χ4n) is 1.52. The van der Waals surface area contributed by atoms with E-state index in [4.69, 9.17) is 4.42 Å². The molecule has 0 atom stereocenters. The van der Waals surface area contributed by atoms with Crippen molar-refractivity contribution in [3.8, 4) is 11.5 Å². The zero-order valence-corrected chi connectivity index (χ0v) is 7.97. The molecule has 0 saturated carbocycles. The first-order chi connectivity index (χ1) is 7.43. The number of hydrogen-bond donors (Lipinski definition) is 0. The van der Waals surface area contributed by atoms with Gasteiger partial charge in [-0.3, -0.25) is 0 Å². The number of hydrogen-bond acceptors (Lipinski definition) is 2. The number of oxazole rings is 1. The van der Waals surface area contributed by atoms with Crippen molar-refractivity contribution < 1.29 is 4.42 Å². The molecule has 0 fully saturated rings. The highest BCUT2D eigenvalue weighted by molar-refractivity contribution is 5.75. The summed E-state index contributed by atoms with van der Waals surface area (Å²) in [6.45, 7) is 0. The molecule has 0 aliphatic carbocycles. The fourth-order valence-corrected chi connectivity index (χ4v) is 1.52. The second kappa shape index (κ2) is 3.24. The molecule has 2 nitrogen and oxygen atoms in total.